The van der Waals surface area contributed by atoms with Crippen molar-refractivity contribution in [1.29, 1.82) is 0 Å². The summed E-state index contributed by atoms with van der Waals surface area (Å²) in [5, 5.41) is 8.87. The fourth-order valence-electron chi connectivity index (χ4n) is 1.68. The van der Waals surface area contributed by atoms with Crippen LogP contribution in [0.15, 0.2) is 18.2 Å². The zero-order valence-electron chi connectivity index (χ0n) is 11.1. The molecule has 0 saturated carbocycles. The summed E-state index contributed by atoms with van der Waals surface area (Å²) in [6, 6.07) is 3.91. The molecule has 0 fully saturated rings. The maximum absolute atomic E-state index is 13.6. The zero-order valence-corrected chi connectivity index (χ0v) is 11.1. The number of rotatable bonds is 6. The third-order valence-electron chi connectivity index (χ3n) is 2.82. The van der Waals surface area contributed by atoms with E-state index in [1.54, 1.807) is 0 Å². The van der Waals surface area contributed by atoms with Crippen molar-refractivity contribution < 1.29 is 14.3 Å². The maximum Gasteiger partial charge on any atom is 0.335 e. The van der Waals surface area contributed by atoms with E-state index in [-0.39, 0.29) is 11.4 Å². The summed E-state index contributed by atoms with van der Waals surface area (Å²) >= 11 is 0. The van der Waals surface area contributed by atoms with Crippen LogP contribution in [0, 0.1) is 11.7 Å². The number of hydrogen-bond donors (Lipinski definition) is 1. The highest BCUT2D eigenvalue weighted by Gasteiger charge is 2.10. The van der Waals surface area contributed by atoms with Gasteiger partial charge in [-0.2, -0.15) is 0 Å². The van der Waals surface area contributed by atoms with Crippen LogP contribution >= 0.6 is 0 Å². The first kappa shape index (κ1) is 14.6. The minimum atomic E-state index is -1.03. The second-order valence-electron chi connectivity index (χ2n) is 5.03. The monoisotopic (exact) mass is 253 g/mol. The smallest absolute Gasteiger partial charge is 0.335 e. The normalized spacial score (nSPS) is 11.2. The molecule has 1 aromatic carbocycles. The summed E-state index contributed by atoms with van der Waals surface area (Å²) in [4.78, 5) is 12.8. The minimum absolute atomic E-state index is 0.128. The zero-order chi connectivity index (χ0) is 13.7. The van der Waals surface area contributed by atoms with Crippen molar-refractivity contribution in [2.24, 2.45) is 5.92 Å². The first-order valence-electron chi connectivity index (χ1n) is 6.10. The first-order valence-corrected chi connectivity index (χ1v) is 6.10. The summed E-state index contributed by atoms with van der Waals surface area (Å²) in [6.45, 7) is 5.58. The Morgan fingerprint density at radius 3 is 2.67 bits per heavy atom. The van der Waals surface area contributed by atoms with Crippen LogP contribution in [0.25, 0.3) is 0 Å². The lowest BCUT2D eigenvalue weighted by Crippen LogP contribution is -2.21. The van der Waals surface area contributed by atoms with Crippen LogP contribution in [-0.2, 0) is 6.54 Å². The summed E-state index contributed by atoms with van der Waals surface area (Å²) in [5.41, 5.74) is 0.560. The van der Waals surface area contributed by atoms with Gasteiger partial charge in [0.1, 0.15) is 5.82 Å². The van der Waals surface area contributed by atoms with Crippen LogP contribution in [0.5, 0.6) is 0 Å². The molecular formula is C14H20FNO2. The van der Waals surface area contributed by atoms with Gasteiger partial charge in [0.05, 0.1) is 5.56 Å². The summed E-state index contributed by atoms with van der Waals surface area (Å²) in [7, 11) is 1.91. The number of benzene rings is 1. The Hall–Kier alpha value is -1.42. The SMILES string of the molecule is CC(C)CCN(C)Cc1cc(C(=O)O)ccc1F. The highest BCUT2D eigenvalue weighted by atomic mass is 19.1. The number of carboxylic acid groups (broad SMARTS) is 1. The van der Waals surface area contributed by atoms with Crippen LogP contribution in [0.3, 0.4) is 0 Å². The van der Waals surface area contributed by atoms with Crippen LogP contribution in [0.4, 0.5) is 4.39 Å². The molecule has 0 amide bonds. The van der Waals surface area contributed by atoms with Crippen LogP contribution in [0.1, 0.15) is 36.2 Å². The first-order chi connectivity index (χ1) is 8.40. The van der Waals surface area contributed by atoms with Gasteiger partial charge in [-0.3, -0.25) is 0 Å². The van der Waals surface area contributed by atoms with Crippen molar-refractivity contribution in [2.75, 3.05) is 13.6 Å². The highest BCUT2D eigenvalue weighted by molar-refractivity contribution is 5.87. The lowest BCUT2D eigenvalue weighted by molar-refractivity contribution is 0.0696. The quantitative estimate of drug-likeness (QED) is 0.847. The maximum atomic E-state index is 13.6. The Kier molecular flexibility index (Phi) is 5.28. The second kappa shape index (κ2) is 6.50. The van der Waals surface area contributed by atoms with E-state index in [0.717, 1.165) is 13.0 Å². The van der Waals surface area contributed by atoms with Crippen molar-refractivity contribution in [2.45, 2.75) is 26.8 Å². The molecule has 0 radical (unpaired) electrons. The summed E-state index contributed by atoms with van der Waals surface area (Å²) < 4.78 is 13.6. The van der Waals surface area contributed by atoms with E-state index in [9.17, 15) is 9.18 Å². The molecule has 0 spiro atoms. The van der Waals surface area contributed by atoms with Crippen LogP contribution < -0.4 is 0 Å². The molecule has 0 aliphatic carbocycles. The Morgan fingerprint density at radius 1 is 1.44 bits per heavy atom. The topological polar surface area (TPSA) is 40.5 Å². The number of halogens is 1. The van der Waals surface area contributed by atoms with Gasteiger partial charge in [0, 0.05) is 12.1 Å². The molecule has 0 unspecified atom stereocenters. The van der Waals surface area contributed by atoms with Gasteiger partial charge < -0.3 is 10.0 Å². The molecule has 18 heavy (non-hydrogen) atoms. The number of carbonyl (C=O) groups is 1. The van der Waals surface area contributed by atoms with Gasteiger partial charge >= 0.3 is 5.97 Å². The molecule has 1 N–H and O–H groups in total. The van der Waals surface area contributed by atoms with Gasteiger partial charge in [0.2, 0.25) is 0 Å². The molecule has 0 aliphatic heterocycles. The average Bonchev–Trinajstić information content (AvgIpc) is 2.29. The molecule has 0 atom stereocenters. The number of hydrogen-bond acceptors (Lipinski definition) is 2. The molecule has 1 rings (SSSR count). The molecule has 0 aromatic heterocycles. The summed E-state index contributed by atoms with van der Waals surface area (Å²) in [6.07, 6.45) is 1.04. The predicted molar refractivity (Wildman–Crippen MR) is 69.1 cm³/mol. The average molecular weight is 253 g/mol. The molecule has 3 nitrogen and oxygen atoms in total. The fourth-order valence-corrected chi connectivity index (χ4v) is 1.68. The van der Waals surface area contributed by atoms with E-state index in [4.69, 9.17) is 5.11 Å². The number of aromatic carboxylic acids is 1. The van der Waals surface area contributed by atoms with E-state index >= 15 is 0 Å². The van der Waals surface area contributed by atoms with Gasteiger partial charge in [-0.25, -0.2) is 9.18 Å². The van der Waals surface area contributed by atoms with Crippen molar-refractivity contribution in [3.63, 3.8) is 0 Å². The second-order valence-corrected chi connectivity index (χ2v) is 5.03. The standard InChI is InChI=1S/C14H20FNO2/c1-10(2)6-7-16(3)9-12-8-11(14(17)18)4-5-13(12)15/h4-5,8,10H,6-7,9H2,1-3H3,(H,17,18). The van der Waals surface area contributed by atoms with Gasteiger partial charge in [0.15, 0.2) is 0 Å². The van der Waals surface area contributed by atoms with Crippen LogP contribution in [-0.4, -0.2) is 29.6 Å². The Morgan fingerprint density at radius 2 is 2.11 bits per heavy atom. The van der Waals surface area contributed by atoms with E-state index in [1.807, 2.05) is 11.9 Å². The largest absolute Gasteiger partial charge is 0.478 e. The van der Waals surface area contributed by atoms with E-state index in [0.29, 0.717) is 18.0 Å². The van der Waals surface area contributed by atoms with E-state index < -0.39 is 5.97 Å². The van der Waals surface area contributed by atoms with Crippen molar-refractivity contribution in [1.82, 2.24) is 4.90 Å². The van der Waals surface area contributed by atoms with Crippen molar-refractivity contribution >= 4 is 5.97 Å². The summed E-state index contributed by atoms with van der Waals surface area (Å²) in [5.74, 6) is -0.778. The van der Waals surface area contributed by atoms with Crippen LogP contribution in [0.2, 0.25) is 0 Å². The fraction of sp³-hybridized carbons (Fsp3) is 0.500. The highest BCUT2D eigenvalue weighted by Crippen LogP contribution is 2.13. The molecular weight excluding hydrogens is 233 g/mol. The number of carboxylic acids is 1. The van der Waals surface area contributed by atoms with E-state index in [2.05, 4.69) is 13.8 Å². The number of nitrogens with zero attached hydrogens (tertiary/aromatic N) is 1. The minimum Gasteiger partial charge on any atom is -0.478 e. The van der Waals surface area contributed by atoms with Gasteiger partial charge in [-0.05, 0) is 44.1 Å². The van der Waals surface area contributed by atoms with Gasteiger partial charge in [-0.15, -0.1) is 0 Å². The Labute approximate surface area is 107 Å². The predicted octanol–water partition coefficient (Wildman–Crippen LogP) is 3.00. The Balaban J connectivity index is 2.71. The lowest BCUT2D eigenvalue weighted by Gasteiger charge is -2.18. The van der Waals surface area contributed by atoms with E-state index in [1.165, 1.54) is 18.2 Å². The van der Waals surface area contributed by atoms with Crippen molar-refractivity contribution in [3.8, 4) is 0 Å². The lowest BCUT2D eigenvalue weighted by atomic mass is 10.1. The molecule has 100 valence electrons. The van der Waals surface area contributed by atoms with Gasteiger partial charge in [-0.1, -0.05) is 13.8 Å². The Bertz CT molecular complexity index is 418. The molecule has 0 saturated heterocycles. The molecule has 1 aromatic rings. The molecule has 0 aliphatic rings. The molecule has 0 bridgehead atoms. The third-order valence-corrected chi connectivity index (χ3v) is 2.82. The third kappa shape index (κ3) is 4.45. The van der Waals surface area contributed by atoms with Crippen molar-refractivity contribution in [3.05, 3.63) is 35.1 Å². The van der Waals surface area contributed by atoms with Gasteiger partial charge in [0.25, 0.3) is 0 Å². The molecule has 4 heteroatoms. The molecule has 0 heterocycles.